The van der Waals surface area contributed by atoms with Crippen LogP contribution in [0.2, 0.25) is 0 Å². The number of nitrogens with two attached hydrogens (primary N) is 1. The number of hydrogen-bond acceptors (Lipinski definition) is 4. The highest BCUT2D eigenvalue weighted by Gasteiger charge is 2.36. The maximum atomic E-state index is 14.0. The van der Waals surface area contributed by atoms with Crippen molar-refractivity contribution >= 4 is 5.96 Å². The van der Waals surface area contributed by atoms with E-state index in [0.717, 1.165) is 11.1 Å². The first-order valence-corrected chi connectivity index (χ1v) is 7.52. The molecule has 0 fully saturated rings. The summed E-state index contributed by atoms with van der Waals surface area (Å²) < 4.78 is 14.0. The molecule has 0 amide bonds. The molecule has 120 valence electrons. The Kier molecular flexibility index (Phi) is 3.82. The lowest BCUT2D eigenvalue weighted by molar-refractivity contribution is 0.0292. The molecule has 2 aromatic rings. The number of rotatable bonds is 2. The van der Waals surface area contributed by atoms with E-state index in [0.29, 0.717) is 17.9 Å². The smallest absolute Gasteiger partial charge is 0.193 e. The van der Waals surface area contributed by atoms with Gasteiger partial charge >= 0.3 is 0 Å². The van der Waals surface area contributed by atoms with Gasteiger partial charge in [0.05, 0.1) is 5.54 Å². The molecule has 5 heteroatoms. The van der Waals surface area contributed by atoms with E-state index in [2.05, 4.69) is 4.99 Å². The molecular formula is C18H20FN3O. The average molecular weight is 313 g/mol. The maximum Gasteiger partial charge on any atom is 0.193 e. The van der Waals surface area contributed by atoms with Gasteiger partial charge in [0.15, 0.2) is 5.96 Å². The van der Waals surface area contributed by atoms with E-state index in [1.807, 2.05) is 37.3 Å². The third-order valence-corrected chi connectivity index (χ3v) is 4.42. The Balaban J connectivity index is 2.05. The fourth-order valence-electron chi connectivity index (χ4n) is 2.92. The number of aliphatic hydroxyl groups excluding tert-OH is 1. The predicted molar refractivity (Wildman–Crippen MR) is 89.2 cm³/mol. The number of halogens is 1. The molecule has 1 aliphatic heterocycles. The highest BCUT2D eigenvalue weighted by atomic mass is 19.1. The predicted octanol–water partition coefficient (Wildman–Crippen LogP) is 2.68. The van der Waals surface area contributed by atoms with Gasteiger partial charge in [0, 0.05) is 19.0 Å². The number of guanidine groups is 1. The zero-order chi connectivity index (χ0) is 16.6. The normalized spacial score (nSPS) is 24.4. The van der Waals surface area contributed by atoms with Crippen molar-refractivity contribution in [1.82, 2.24) is 4.90 Å². The Morgan fingerprint density at radius 1 is 1.26 bits per heavy atom. The minimum atomic E-state index is -0.699. The molecule has 3 rings (SSSR count). The number of hydrogen-bond donors (Lipinski definition) is 2. The van der Waals surface area contributed by atoms with E-state index in [1.165, 1.54) is 6.07 Å². The highest BCUT2D eigenvalue weighted by molar-refractivity contribution is 5.79. The maximum absolute atomic E-state index is 14.0. The van der Waals surface area contributed by atoms with Crippen LogP contribution in [0.1, 0.15) is 18.9 Å². The van der Waals surface area contributed by atoms with Crippen LogP contribution in [0, 0.1) is 5.82 Å². The van der Waals surface area contributed by atoms with Crippen LogP contribution in [0.15, 0.2) is 53.5 Å². The van der Waals surface area contributed by atoms with Crippen LogP contribution in [0.4, 0.5) is 4.39 Å². The van der Waals surface area contributed by atoms with Crippen LogP contribution in [0.3, 0.4) is 0 Å². The van der Waals surface area contributed by atoms with Gasteiger partial charge in [0.1, 0.15) is 12.0 Å². The summed E-state index contributed by atoms with van der Waals surface area (Å²) in [6, 6.07) is 14.2. The molecule has 0 saturated carbocycles. The SMILES string of the molecule is CN1C(N)=NC(C)(c2cccc(-c3ccccc3F)c2)CC1O. The van der Waals surface area contributed by atoms with Gasteiger partial charge in [-0.05, 0) is 30.2 Å². The summed E-state index contributed by atoms with van der Waals surface area (Å²) in [6.07, 6.45) is -0.278. The van der Waals surface area contributed by atoms with E-state index >= 15 is 0 Å². The Morgan fingerprint density at radius 3 is 2.70 bits per heavy atom. The molecule has 2 atom stereocenters. The topological polar surface area (TPSA) is 61.8 Å². The second kappa shape index (κ2) is 5.66. The van der Waals surface area contributed by atoms with Gasteiger partial charge in [-0.2, -0.15) is 0 Å². The minimum Gasteiger partial charge on any atom is -0.373 e. The lowest BCUT2D eigenvalue weighted by Crippen LogP contribution is -2.50. The summed E-state index contributed by atoms with van der Waals surface area (Å²) in [5.74, 6) is 0.0313. The van der Waals surface area contributed by atoms with Crippen molar-refractivity contribution in [2.75, 3.05) is 7.05 Å². The standard InChI is InChI=1S/C18H20FN3O/c1-18(11-16(23)22(2)17(20)21-18)13-7-5-6-12(10-13)14-8-3-4-9-15(14)19/h3-10,16,23H,11H2,1-2H3,(H2,20,21). The Hall–Kier alpha value is -2.40. The van der Waals surface area contributed by atoms with Crippen molar-refractivity contribution in [1.29, 1.82) is 0 Å². The zero-order valence-electron chi connectivity index (χ0n) is 13.2. The summed E-state index contributed by atoms with van der Waals surface area (Å²) in [5.41, 5.74) is 7.49. The molecule has 0 bridgehead atoms. The van der Waals surface area contributed by atoms with Crippen molar-refractivity contribution in [3.63, 3.8) is 0 Å². The molecule has 4 nitrogen and oxygen atoms in total. The highest BCUT2D eigenvalue weighted by Crippen LogP contribution is 2.36. The van der Waals surface area contributed by atoms with Gasteiger partial charge in [0.25, 0.3) is 0 Å². The Bertz CT molecular complexity index is 761. The van der Waals surface area contributed by atoms with Crippen LogP contribution >= 0.6 is 0 Å². The second-order valence-electron chi connectivity index (χ2n) is 6.10. The van der Waals surface area contributed by atoms with Crippen LogP contribution < -0.4 is 5.73 Å². The monoisotopic (exact) mass is 313 g/mol. The third-order valence-electron chi connectivity index (χ3n) is 4.42. The summed E-state index contributed by atoms with van der Waals surface area (Å²) in [7, 11) is 1.71. The molecule has 0 radical (unpaired) electrons. The molecule has 23 heavy (non-hydrogen) atoms. The number of nitrogens with zero attached hydrogens (tertiary/aromatic N) is 2. The van der Waals surface area contributed by atoms with Gasteiger partial charge in [-0.1, -0.05) is 36.4 Å². The summed E-state index contributed by atoms with van der Waals surface area (Å²) in [5, 5.41) is 10.2. The van der Waals surface area contributed by atoms with Crippen molar-refractivity contribution in [3.8, 4) is 11.1 Å². The van der Waals surface area contributed by atoms with E-state index in [4.69, 9.17) is 5.73 Å². The van der Waals surface area contributed by atoms with Gasteiger partial charge in [-0.3, -0.25) is 0 Å². The number of aliphatic imine (C=N–C) groups is 1. The van der Waals surface area contributed by atoms with Crippen molar-refractivity contribution in [3.05, 3.63) is 59.9 Å². The van der Waals surface area contributed by atoms with E-state index in [-0.39, 0.29) is 5.82 Å². The zero-order valence-corrected chi connectivity index (χ0v) is 13.2. The fourth-order valence-corrected chi connectivity index (χ4v) is 2.92. The summed E-state index contributed by atoms with van der Waals surface area (Å²) >= 11 is 0. The van der Waals surface area contributed by atoms with Crippen molar-refractivity contribution < 1.29 is 9.50 Å². The third kappa shape index (κ3) is 2.80. The first-order chi connectivity index (χ1) is 10.9. The molecule has 1 heterocycles. The molecule has 0 saturated heterocycles. The first kappa shape index (κ1) is 15.5. The molecule has 0 spiro atoms. The van der Waals surface area contributed by atoms with Crippen molar-refractivity contribution in [2.45, 2.75) is 25.1 Å². The van der Waals surface area contributed by atoms with E-state index in [1.54, 1.807) is 24.1 Å². The van der Waals surface area contributed by atoms with Crippen molar-refractivity contribution in [2.24, 2.45) is 10.7 Å². The quantitative estimate of drug-likeness (QED) is 0.896. The molecule has 2 unspecified atom stereocenters. The van der Waals surface area contributed by atoms with E-state index < -0.39 is 11.8 Å². The van der Waals surface area contributed by atoms with Crippen LogP contribution in [-0.4, -0.2) is 29.2 Å². The summed E-state index contributed by atoms with van der Waals surface area (Å²) in [6.45, 7) is 1.93. The van der Waals surface area contributed by atoms with Gasteiger partial charge < -0.3 is 15.7 Å². The molecule has 1 aliphatic rings. The molecule has 0 aromatic heterocycles. The van der Waals surface area contributed by atoms with Crippen LogP contribution in [0.25, 0.3) is 11.1 Å². The average Bonchev–Trinajstić information content (AvgIpc) is 2.53. The number of aliphatic hydroxyl groups is 1. The van der Waals surface area contributed by atoms with Gasteiger partial charge in [0.2, 0.25) is 0 Å². The molecule has 2 aromatic carbocycles. The van der Waals surface area contributed by atoms with E-state index in [9.17, 15) is 9.50 Å². The Labute approximate surface area is 135 Å². The largest absolute Gasteiger partial charge is 0.373 e. The lowest BCUT2D eigenvalue weighted by atomic mass is 9.85. The van der Waals surface area contributed by atoms with Gasteiger partial charge in [-0.15, -0.1) is 0 Å². The Morgan fingerprint density at radius 2 is 2.00 bits per heavy atom. The van der Waals surface area contributed by atoms with Crippen LogP contribution in [0.5, 0.6) is 0 Å². The fraction of sp³-hybridized carbons (Fsp3) is 0.278. The molecule has 3 N–H and O–H groups in total. The second-order valence-corrected chi connectivity index (χ2v) is 6.10. The molecule has 0 aliphatic carbocycles. The summed E-state index contributed by atoms with van der Waals surface area (Å²) in [4.78, 5) is 6.08. The minimum absolute atomic E-state index is 0.263. The first-order valence-electron chi connectivity index (χ1n) is 7.52. The van der Waals surface area contributed by atoms with Crippen LogP contribution in [-0.2, 0) is 5.54 Å². The lowest BCUT2D eigenvalue weighted by Gasteiger charge is -2.38. The molecular weight excluding hydrogens is 293 g/mol. The van der Waals surface area contributed by atoms with Gasteiger partial charge in [-0.25, -0.2) is 9.38 Å². The number of benzene rings is 2.